The van der Waals surface area contributed by atoms with Crippen molar-refractivity contribution in [2.24, 2.45) is 0 Å². The van der Waals surface area contributed by atoms with Crippen LogP contribution in [0, 0.1) is 0 Å². The summed E-state index contributed by atoms with van der Waals surface area (Å²) in [4.78, 5) is 13.3. The number of aliphatic hydroxyl groups is 11. The summed E-state index contributed by atoms with van der Waals surface area (Å²) < 4.78 is 34.1. The van der Waals surface area contributed by atoms with Crippen LogP contribution in [0.25, 0.3) is 0 Å². The Morgan fingerprint density at radius 2 is 0.920 bits per heavy atom. The standard InChI is InChI=1S/C56H95NO18/c1-3-5-7-9-11-13-15-16-17-18-19-20-21-22-24-26-28-30-32-34-44(62)57-39(40(61)33-31-29-27-25-23-14-12-10-8-6-4-2)38-70-54-50(68)47(65)52(42(36-59)72-54)75-56-51(69)48(66)53(43(37-60)73-56)74-55-49(67)46(64)45(63)41(35-58)71-55/h5,7,11,13,16-17,19-20,22,24,31,33,39-43,45-56,58-61,63-69H,3-4,6,8-10,12,14-15,18,21,23,25-30,32,34-38H2,1-2H3,(H,57,62)/b7-5-,13-11-,17-16-,20-19-,24-22-,33-31+. The molecule has 0 aromatic rings. The number of nitrogens with one attached hydrogen (secondary N) is 1. The highest BCUT2D eigenvalue weighted by atomic mass is 16.8. The predicted molar refractivity (Wildman–Crippen MR) is 281 cm³/mol. The number of amides is 1. The van der Waals surface area contributed by atoms with Crippen molar-refractivity contribution in [2.45, 2.75) is 247 Å². The van der Waals surface area contributed by atoms with Gasteiger partial charge in [-0.3, -0.25) is 4.79 Å². The number of unbranched alkanes of at least 4 members (excludes halogenated alkanes) is 12. The van der Waals surface area contributed by atoms with Crippen LogP contribution in [0.15, 0.2) is 72.9 Å². The number of allylic oxidation sites excluding steroid dienone is 11. The van der Waals surface area contributed by atoms with Crippen LogP contribution in [0.1, 0.15) is 142 Å². The maximum Gasteiger partial charge on any atom is 0.220 e. The molecule has 19 nitrogen and oxygen atoms in total. The molecule has 0 spiro atoms. The summed E-state index contributed by atoms with van der Waals surface area (Å²) in [5.41, 5.74) is 0. The lowest BCUT2D eigenvalue weighted by atomic mass is 9.96. The molecule has 3 fully saturated rings. The third-order valence-electron chi connectivity index (χ3n) is 13.5. The van der Waals surface area contributed by atoms with Gasteiger partial charge in [0, 0.05) is 6.42 Å². The van der Waals surface area contributed by atoms with Crippen LogP contribution in [0.2, 0.25) is 0 Å². The minimum absolute atomic E-state index is 0.200. The zero-order chi connectivity index (χ0) is 54.8. The molecule has 0 aliphatic carbocycles. The molecule has 0 aromatic carbocycles. The maximum atomic E-state index is 13.3. The van der Waals surface area contributed by atoms with E-state index in [4.69, 9.17) is 28.4 Å². The van der Waals surface area contributed by atoms with Crippen molar-refractivity contribution >= 4 is 5.91 Å². The van der Waals surface area contributed by atoms with Crippen LogP contribution >= 0.6 is 0 Å². The Morgan fingerprint density at radius 1 is 0.493 bits per heavy atom. The van der Waals surface area contributed by atoms with Gasteiger partial charge in [-0.25, -0.2) is 0 Å². The number of hydrogen-bond donors (Lipinski definition) is 12. The van der Waals surface area contributed by atoms with Gasteiger partial charge in [-0.05, 0) is 64.2 Å². The minimum Gasteiger partial charge on any atom is -0.394 e. The normalized spacial score (nSPS) is 31.8. The van der Waals surface area contributed by atoms with Gasteiger partial charge in [0.05, 0.1) is 38.6 Å². The van der Waals surface area contributed by atoms with E-state index in [1.54, 1.807) is 6.08 Å². The Balaban J connectivity index is 1.54. The number of hydrogen-bond acceptors (Lipinski definition) is 18. The summed E-state index contributed by atoms with van der Waals surface area (Å²) in [6.07, 6.45) is 17.5. The quantitative estimate of drug-likeness (QED) is 0.0311. The predicted octanol–water partition coefficient (Wildman–Crippen LogP) is 3.48. The molecule has 3 rings (SSSR count). The van der Waals surface area contributed by atoms with E-state index in [-0.39, 0.29) is 18.9 Å². The van der Waals surface area contributed by atoms with Crippen molar-refractivity contribution in [3.63, 3.8) is 0 Å². The van der Waals surface area contributed by atoms with Gasteiger partial charge < -0.3 is 89.9 Å². The Hall–Kier alpha value is -2.77. The third kappa shape index (κ3) is 24.4. The summed E-state index contributed by atoms with van der Waals surface area (Å²) in [5.74, 6) is -0.313. The Labute approximate surface area is 445 Å². The molecule has 3 saturated heterocycles. The lowest BCUT2D eigenvalue weighted by molar-refractivity contribution is -0.379. The fraction of sp³-hybridized carbons (Fsp3) is 0.768. The summed E-state index contributed by atoms with van der Waals surface area (Å²) in [6, 6.07) is -0.992. The van der Waals surface area contributed by atoms with Crippen LogP contribution in [0.3, 0.4) is 0 Å². The van der Waals surface area contributed by atoms with Gasteiger partial charge in [0.25, 0.3) is 0 Å². The highest BCUT2D eigenvalue weighted by molar-refractivity contribution is 5.76. The fourth-order valence-electron chi connectivity index (χ4n) is 8.92. The molecule has 0 saturated carbocycles. The van der Waals surface area contributed by atoms with Crippen molar-refractivity contribution < 1.29 is 89.4 Å². The van der Waals surface area contributed by atoms with E-state index in [0.717, 1.165) is 77.0 Å². The monoisotopic (exact) mass is 1070 g/mol. The number of carbonyl (C=O) groups excluding carboxylic acids is 1. The maximum absolute atomic E-state index is 13.3. The molecule has 0 bridgehead atoms. The van der Waals surface area contributed by atoms with Gasteiger partial charge in [0.15, 0.2) is 18.9 Å². The number of ether oxygens (including phenoxy) is 6. The Bertz CT molecular complexity index is 1660. The zero-order valence-corrected chi connectivity index (χ0v) is 44.5. The highest BCUT2D eigenvalue weighted by Crippen LogP contribution is 2.33. The first-order valence-electron chi connectivity index (χ1n) is 27.7. The molecule has 0 radical (unpaired) electrons. The van der Waals surface area contributed by atoms with Crippen molar-refractivity contribution in [3.8, 4) is 0 Å². The molecule has 3 aliphatic rings. The fourth-order valence-corrected chi connectivity index (χ4v) is 8.92. The number of carbonyl (C=O) groups is 1. The van der Waals surface area contributed by atoms with E-state index in [1.165, 1.54) is 38.5 Å². The van der Waals surface area contributed by atoms with Gasteiger partial charge in [-0.15, -0.1) is 0 Å². The SMILES string of the molecule is CC/C=C\C/C=C\C/C=C\C/C=C\C/C=C\CCCCCC(=O)NC(COC1OC(CO)C(OC2OC(CO)C(OC3OC(CO)C(O)C(O)C3O)C(O)C2O)C(O)C1O)C(O)/C=C/CCCCCCCCCCC. The minimum atomic E-state index is -1.98. The van der Waals surface area contributed by atoms with Crippen LogP contribution < -0.4 is 5.32 Å². The first-order valence-corrected chi connectivity index (χ1v) is 27.7. The summed E-state index contributed by atoms with van der Waals surface area (Å²) in [6.45, 7) is 1.52. The lowest BCUT2D eigenvalue weighted by Crippen LogP contribution is -2.66. The van der Waals surface area contributed by atoms with Gasteiger partial charge in [0.1, 0.15) is 73.2 Å². The topological polar surface area (TPSA) is 307 Å². The molecule has 0 aromatic heterocycles. The first-order chi connectivity index (χ1) is 36.3. The van der Waals surface area contributed by atoms with Crippen molar-refractivity contribution in [1.82, 2.24) is 5.32 Å². The van der Waals surface area contributed by atoms with Crippen LogP contribution in [0.5, 0.6) is 0 Å². The molecule has 17 atom stereocenters. The third-order valence-corrected chi connectivity index (χ3v) is 13.5. The van der Waals surface area contributed by atoms with Crippen molar-refractivity contribution in [1.29, 1.82) is 0 Å². The second-order valence-corrected chi connectivity index (χ2v) is 19.7. The van der Waals surface area contributed by atoms with Crippen LogP contribution in [-0.2, 0) is 33.2 Å². The van der Waals surface area contributed by atoms with E-state index in [2.05, 4.69) is 79.9 Å². The molecule has 12 N–H and O–H groups in total. The number of rotatable bonds is 38. The largest absolute Gasteiger partial charge is 0.394 e. The molecule has 3 aliphatic heterocycles. The molecule has 19 heteroatoms. The molecule has 17 unspecified atom stereocenters. The van der Waals surface area contributed by atoms with E-state index < -0.39 is 124 Å². The average Bonchev–Trinajstić information content (AvgIpc) is 3.41. The average molecular weight is 1070 g/mol. The molecular weight excluding hydrogens is 975 g/mol. The first kappa shape index (κ1) is 66.5. The second-order valence-electron chi connectivity index (χ2n) is 19.7. The summed E-state index contributed by atoms with van der Waals surface area (Å²) in [5, 5.41) is 120. The highest BCUT2D eigenvalue weighted by Gasteiger charge is 2.53. The smallest absolute Gasteiger partial charge is 0.220 e. The molecule has 1 amide bonds. The summed E-state index contributed by atoms with van der Waals surface area (Å²) in [7, 11) is 0. The van der Waals surface area contributed by atoms with Gasteiger partial charge in [-0.2, -0.15) is 0 Å². The molecular formula is C56H95NO18. The van der Waals surface area contributed by atoms with E-state index >= 15 is 0 Å². The van der Waals surface area contributed by atoms with Crippen molar-refractivity contribution in [2.75, 3.05) is 26.4 Å². The Morgan fingerprint density at radius 3 is 1.44 bits per heavy atom. The van der Waals surface area contributed by atoms with E-state index in [1.807, 2.05) is 6.08 Å². The van der Waals surface area contributed by atoms with E-state index in [9.17, 15) is 61.0 Å². The van der Waals surface area contributed by atoms with Crippen LogP contribution in [0.4, 0.5) is 0 Å². The molecule has 75 heavy (non-hydrogen) atoms. The van der Waals surface area contributed by atoms with Gasteiger partial charge in [-0.1, -0.05) is 145 Å². The van der Waals surface area contributed by atoms with Gasteiger partial charge in [0.2, 0.25) is 5.91 Å². The number of aliphatic hydroxyl groups excluding tert-OH is 11. The van der Waals surface area contributed by atoms with Crippen LogP contribution in [-0.4, -0.2) is 193 Å². The Kier molecular flexibility index (Phi) is 35.1. The van der Waals surface area contributed by atoms with Crippen molar-refractivity contribution in [3.05, 3.63) is 72.9 Å². The lowest BCUT2D eigenvalue weighted by Gasteiger charge is -2.48. The van der Waals surface area contributed by atoms with E-state index in [0.29, 0.717) is 6.42 Å². The zero-order valence-electron chi connectivity index (χ0n) is 44.5. The van der Waals surface area contributed by atoms with Gasteiger partial charge >= 0.3 is 0 Å². The second kappa shape index (κ2) is 39.6. The summed E-state index contributed by atoms with van der Waals surface area (Å²) >= 11 is 0. The molecule has 3 heterocycles. The molecule has 432 valence electrons.